The van der Waals surface area contributed by atoms with Crippen molar-refractivity contribution in [2.45, 2.75) is 38.7 Å². The lowest BCUT2D eigenvalue weighted by molar-refractivity contribution is -0.133. The highest BCUT2D eigenvalue weighted by Gasteiger charge is 2.18. The van der Waals surface area contributed by atoms with E-state index in [1.165, 1.54) is 30.0 Å². The van der Waals surface area contributed by atoms with Gasteiger partial charge in [0.2, 0.25) is 0 Å². The summed E-state index contributed by atoms with van der Waals surface area (Å²) in [7, 11) is 0. The second-order valence-corrected chi connectivity index (χ2v) is 8.96. The van der Waals surface area contributed by atoms with Crippen molar-refractivity contribution < 1.29 is 14.3 Å². The number of benzene rings is 1. The summed E-state index contributed by atoms with van der Waals surface area (Å²) in [4.78, 5) is 45.0. The lowest BCUT2D eigenvalue weighted by Crippen LogP contribution is -2.20. The van der Waals surface area contributed by atoms with E-state index >= 15 is 0 Å². The molecular weight excluding hydrogens is 396 g/mol. The molecule has 2 heterocycles. The Balaban J connectivity index is 1.64. The van der Waals surface area contributed by atoms with Crippen molar-refractivity contribution in [2.75, 3.05) is 0 Å². The number of carbonyl (C=O) groups excluding carboxylic acids is 2. The van der Waals surface area contributed by atoms with E-state index in [-0.39, 0.29) is 11.3 Å². The maximum Gasteiger partial charge on any atom is 0.324 e. The fourth-order valence-electron chi connectivity index (χ4n) is 2.60. The van der Waals surface area contributed by atoms with Crippen molar-refractivity contribution in [3.63, 3.8) is 0 Å². The van der Waals surface area contributed by atoms with Gasteiger partial charge < -0.3 is 9.72 Å². The largest absolute Gasteiger partial charge is 0.426 e. The summed E-state index contributed by atoms with van der Waals surface area (Å²) < 4.78 is 5.35. The van der Waals surface area contributed by atoms with Crippen LogP contribution in [0.2, 0.25) is 0 Å². The van der Waals surface area contributed by atoms with Crippen LogP contribution in [0.4, 0.5) is 0 Å². The Morgan fingerprint density at radius 2 is 1.93 bits per heavy atom. The summed E-state index contributed by atoms with van der Waals surface area (Å²) in [5, 5.41) is 0.193. The molecule has 0 aliphatic carbocycles. The van der Waals surface area contributed by atoms with E-state index < -0.39 is 11.2 Å². The van der Waals surface area contributed by atoms with Crippen LogP contribution in [0, 0.1) is 13.8 Å². The highest BCUT2D eigenvalue weighted by atomic mass is 32.2. The molecule has 0 saturated heterocycles. The Hall–Kier alpha value is -2.45. The van der Waals surface area contributed by atoms with Crippen molar-refractivity contribution in [3.05, 3.63) is 56.4 Å². The molecule has 2 aromatic heterocycles. The van der Waals surface area contributed by atoms with Crippen molar-refractivity contribution in [2.24, 2.45) is 0 Å². The number of nitrogens with zero attached hydrogens (tertiary/aromatic N) is 1. The summed E-state index contributed by atoms with van der Waals surface area (Å²) >= 11 is 2.83. The number of thiophene rings is 1. The molecule has 28 heavy (non-hydrogen) atoms. The summed E-state index contributed by atoms with van der Waals surface area (Å²) in [6.07, 6.45) is 0. The van der Waals surface area contributed by atoms with E-state index in [2.05, 4.69) is 9.97 Å². The Kier molecular flexibility index (Phi) is 6.00. The minimum Gasteiger partial charge on any atom is -0.426 e. The first-order valence-electron chi connectivity index (χ1n) is 8.69. The van der Waals surface area contributed by atoms with Crippen LogP contribution in [0.15, 0.2) is 29.1 Å². The van der Waals surface area contributed by atoms with E-state index in [4.69, 9.17) is 4.74 Å². The Morgan fingerprint density at radius 1 is 1.25 bits per heavy atom. The number of H-pyrrole nitrogens is 1. The minimum atomic E-state index is -0.444. The van der Waals surface area contributed by atoms with Gasteiger partial charge in [-0.05, 0) is 57.5 Å². The first-order chi connectivity index (χ1) is 13.3. The van der Waals surface area contributed by atoms with Gasteiger partial charge in [-0.25, -0.2) is 4.98 Å². The van der Waals surface area contributed by atoms with Crippen LogP contribution in [0.1, 0.15) is 40.5 Å². The number of Topliss-reactive ketones (excluding diaryl/α,β-unsaturated/α-hetero) is 1. The average Bonchev–Trinajstić information content (AvgIpc) is 2.94. The second-order valence-electron chi connectivity index (χ2n) is 6.43. The van der Waals surface area contributed by atoms with Crippen LogP contribution < -0.4 is 10.3 Å². The van der Waals surface area contributed by atoms with Crippen molar-refractivity contribution in [1.82, 2.24) is 9.97 Å². The van der Waals surface area contributed by atoms with E-state index in [1.54, 1.807) is 31.2 Å². The molecule has 0 spiro atoms. The van der Waals surface area contributed by atoms with Crippen molar-refractivity contribution >= 4 is 45.1 Å². The molecule has 1 atom stereocenters. The zero-order valence-corrected chi connectivity index (χ0v) is 17.6. The summed E-state index contributed by atoms with van der Waals surface area (Å²) in [5.41, 5.74) is 1.37. The molecule has 0 saturated carbocycles. The SMILES string of the molecule is CC(=O)c1ccc(OC(=O)[C@@H](C)SCc2nc3sc(C)c(C)c3c(=O)[nH]2)cc1. The number of aromatic nitrogens is 2. The molecule has 1 N–H and O–H groups in total. The normalized spacial score (nSPS) is 12.1. The number of hydrogen-bond acceptors (Lipinski definition) is 7. The third-order valence-electron chi connectivity index (χ3n) is 4.37. The van der Waals surface area contributed by atoms with Crippen LogP contribution in [0.25, 0.3) is 10.2 Å². The van der Waals surface area contributed by atoms with Gasteiger partial charge in [-0.2, -0.15) is 0 Å². The van der Waals surface area contributed by atoms with Crippen LogP contribution in [0.3, 0.4) is 0 Å². The molecule has 0 fully saturated rings. The fraction of sp³-hybridized carbons (Fsp3) is 0.300. The summed E-state index contributed by atoms with van der Waals surface area (Å²) in [6, 6.07) is 6.44. The molecular formula is C20H20N2O4S2. The molecule has 3 aromatic rings. The molecule has 6 nitrogen and oxygen atoms in total. The number of thioether (sulfide) groups is 1. The van der Waals surface area contributed by atoms with Gasteiger partial charge >= 0.3 is 5.97 Å². The molecule has 0 radical (unpaired) electrons. The van der Waals surface area contributed by atoms with Crippen LogP contribution >= 0.6 is 23.1 Å². The van der Waals surface area contributed by atoms with Gasteiger partial charge in [-0.1, -0.05) is 0 Å². The monoisotopic (exact) mass is 416 g/mol. The van der Waals surface area contributed by atoms with E-state index in [9.17, 15) is 14.4 Å². The predicted octanol–water partition coefficient (Wildman–Crippen LogP) is 4.03. The van der Waals surface area contributed by atoms with Gasteiger partial charge in [0.15, 0.2) is 5.78 Å². The molecule has 8 heteroatoms. The predicted molar refractivity (Wildman–Crippen MR) is 113 cm³/mol. The molecule has 146 valence electrons. The van der Waals surface area contributed by atoms with Gasteiger partial charge in [0.25, 0.3) is 5.56 Å². The number of carbonyl (C=O) groups is 2. The summed E-state index contributed by atoms with van der Waals surface area (Å²) in [5.74, 6) is 0.873. The highest BCUT2D eigenvalue weighted by Crippen LogP contribution is 2.26. The maximum atomic E-state index is 12.3. The lowest BCUT2D eigenvalue weighted by Gasteiger charge is -2.11. The third kappa shape index (κ3) is 4.34. The Morgan fingerprint density at radius 3 is 2.57 bits per heavy atom. The molecule has 0 unspecified atom stereocenters. The van der Waals surface area contributed by atoms with Gasteiger partial charge in [0.05, 0.1) is 11.1 Å². The number of hydrogen-bond donors (Lipinski definition) is 1. The zero-order valence-electron chi connectivity index (χ0n) is 16.0. The molecule has 0 aliphatic heterocycles. The van der Waals surface area contributed by atoms with Crippen LogP contribution in [-0.2, 0) is 10.5 Å². The van der Waals surface area contributed by atoms with Crippen LogP contribution in [0.5, 0.6) is 5.75 Å². The third-order valence-corrected chi connectivity index (χ3v) is 6.60. The summed E-state index contributed by atoms with van der Waals surface area (Å²) in [6.45, 7) is 7.11. The molecule has 1 aromatic carbocycles. The first-order valence-corrected chi connectivity index (χ1v) is 10.6. The lowest BCUT2D eigenvalue weighted by atomic mass is 10.1. The quantitative estimate of drug-likeness (QED) is 0.371. The fourth-order valence-corrected chi connectivity index (χ4v) is 4.37. The number of ether oxygens (including phenoxy) is 1. The topological polar surface area (TPSA) is 89.1 Å². The van der Waals surface area contributed by atoms with E-state index in [0.717, 1.165) is 15.3 Å². The number of esters is 1. The minimum absolute atomic E-state index is 0.0450. The number of nitrogens with one attached hydrogen (secondary N) is 1. The Bertz CT molecular complexity index is 1100. The molecule has 0 bridgehead atoms. The van der Waals surface area contributed by atoms with Crippen molar-refractivity contribution in [3.8, 4) is 5.75 Å². The van der Waals surface area contributed by atoms with Gasteiger partial charge in [0, 0.05) is 10.4 Å². The molecule has 3 rings (SSSR count). The van der Waals surface area contributed by atoms with E-state index in [1.807, 2.05) is 13.8 Å². The molecule has 0 amide bonds. The van der Waals surface area contributed by atoms with Crippen LogP contribution in [-0.4, -0.2) is 27.0 Å². The van der Waals surface area contributed by atoms with E-state index in [0.29, 0.717) is 28.3 Å². The molecule has 0 aliphatic rings. The van der Waals surface area contributed by atoms with Crippen molar-refractivity contribution in [1.29, 1.82) is 0 Å². The van der Waals surface area contributed by atoms with Gasteiger partial charge in [0.1, 0.15) is 21.7 Å². The maximum absolute atomic E-state index is 12.3. The van der Waals surface area contributed by atoms with Gasteiger partial charge in [-0.3, -0.25) is 14.4 Å². The standard InChI is InChI=1S/C20H20N2O4S2/c1-10-12(3)28-19-17(10)18(24)21-16(22-19)9-27-13(4)20(25)26-15-7-5-14(6-8-15)11(2)23/h5-8,13H,9H2,1-4H3,(H,21,22,24)/t13-/m1/s1. The van der Waals surface area contributed by atoms with Gasteiger partial charge in [-0.15, -0.1) is 23.1 Å². The average molecular weight is 417 g/mol. The second kappa shape index (κ2) is 8.28. The number of aromatic amines is 1. The smallest absolute Gasteiger partial charge is 0.324 e. The number of ketones is 1. The number of rotatable bonds is 6. The number of fused-ring (bicyclic) bond motifs is 1. The Labute approximate surface area is 170 Å². The number of aryl methyl sites for hydroxylation is 2. The zero-order chi connectivity index (χ0) is 20.4. The first kappa shape index (κ1) is 20.3. The highest BCUT2D eigenvalue weighted by molar-refractivity contribution is 7.99.